The van der Waals surface area contributed by atoms with Gasteiger partial charge in [-0.05, 0) is 45.1 Å². The summed E-state index contributed by atoms with van der Waals surface area (Å²) < 4.78 is 12.1. The number of hydrogen-bond acceptors (Lipinski definition) is 8. The second kappa shape index (κ2) is 10.0. The number of aromatic nitrogens is 2. The van der Waals surface area contributed by atoms with Gasteiger partial charge in [0.2, 0.25) is 0 Å². The van der Waals surface area contributed by atoms with Crippen molar-refractivity contribution in [2.45, 2.75) is 58.9 Å². The minimum atomic E-state index is -0.621. The van der Waals surface area contributed by atoms with Crippen LogP contribution in [0.5, 0.6) is 0 Å². The topological polar surface area (TPSA) is 108 Å². The maximum absolute atomic E-state index is 13.1. The van der Waals surface area contributed by atoms with E-state index < -0.39 is 5.97 Å². The molecule has 10 heteroatoms. The standard InChI is InChI=1S/C23H29N3O6S/c1-3-31-22(29)15-8-11-25(12-9-15)17(27)13-32-23(30)19-14(2)18-20(33-19)24-16-7-5-4-6-10-26(16)21(18)28/h15H,3-13H2,1-2H3. The number of aryl methyl sites for hydroxylation is 2. The first kappa shape index (κ1) is 23.4. The summed E-state index contributed by atoms with van der Waals surface area (Å²) in [7, 11) is 0. The van der Waals surface area contributed by atoms with Crippen LogP contribution in [0.3, 0.4) is 0 Å². The highest BCUT2D eigenvalue weighted by Crippen LogP contribution is 2.29. The summed E-state index contributed by atoms with van der Waals surface area (Å²) in [5.41, 5.74) is 0.449. The van der Waals surface area contributed by atoms with Gasteiger partial charge in [-0.15, -0.1) is 11.3 Å². The van der Waals surface area contributed by atoms with Gasteiger partial charge < -0.3 is 14.4 Å². The molecular weight excluding hydrogens is 446 g/mol. The summed E-state index contributed by atoms with van der Waals surface area (Å²) >= 11 is 1.15. The smallest absolute Gasteiger partial charge is 0.349 e. The Balaban J connectivity index is 1.41. The molecule has 2 aromatic rings. The molecule has 0 saturated carbocycles. The van der Waals surface area contributed by atoms with Gasteiger partial charge in [0.05, 0.1) is 17.9 Å². The number of carbonyl (C=O) groups is 3. The molecule has 2 aliphatic rings. The molecule has 1 saturated heterocycles. The van der Waals surface area contributed by atoms with Gasteiger partial charge in [-0.3, -0.25) is 19.0 Å². The minimum Gasteiger partial charge on any atom is -0.466 e. The first-order valence-corrected chi connectivity index (χ1v) is 12.4. The summed E-state index contributed by atoms with van der Waals surface area (Å²) in [5, 5.41) is 0.463. The van der Waals surface area contributed by atoms with E-state index in [9.17, 15) is 19.2 Å². The van der Waals surface area contributed by atoms with Gasteiger partial charge in [0, 0.05) is 26.1 Å². The van der Waals surface area contributed by atoms with Crippen LogP contribution >= 0.6 is 11.3 Å². The predicted octanol–water partition coefficient (Wildman–Crippen LogP) is 2.45. The van der Waals surface area contributed by atoms with E-state index in [1.165, 1.54) is 0 Å². The molecule has 0 atom stereocenters. The van der Waals surface area contributed by atoms with Gasteiger partial charge in [-0.25, -0.2) is 9.78 Å². The minimum absolute atomic E-state index is 0.106. The Hall–Kier alpha value is -2.75. The van der Waals surface area contributed by atoms with Crippen molar-refractivity contribution in [3.63, 3.8) is 0 Å². The molecule has 1 fully saturated rings. The summed E-state index contributed by atoms with van der Waals surface area (Å²) in [6.45, 7) is 4.96. The number of nitrogens with zero attached hydrogens (tertiary/aromatic N) is 3. The second-order valence-electron chi connectivity index (χ2n) is 8.52. The zero-order valence-electron chi connectivity index (χ0n) is 19.1. The van der Waals surface area contributed by atoms with Crippen molar-refractivity contribution in [2.24, 2.45) is 5.92 Å². The SMILES string of the molecule is CCOC(=O)C1CCN(C(=O)COC(=O)c2sc3nc4n(c(=O)c3c2C)CCCCC4)CC1. The molecule has 9 nitrogen and oxygen atoms in total. The molecule has 0 aliphatic carbocycles. The number of carbonyl (C=O) groups excluding carboxylic acids is 3. The second-order valence-corrected chi connectivity index (χ2v) is 9.51. The third-order valence-electron chi connectivity index (χ3n) is 6.39. The fourth-order valence-electron chi connectivity index (χ4n) is 4.51. The molecule has 0 spiro atoms. The number of piperidine rings is 1. The van der Waals surface area contributed by atoms with Crippen molar-refractivity contribution >= 4 is 39.4 Å². The fraction of sp³-hybridized carbons (Fsp3) is 0.609. The number of thiophene rings is 1. The highest BCUT2D eigenvalue weighted by molar-refractivity contribution is 7.20. The summed E-state index contributed by atoms with van der Waals surface area (Å²) in [6, 6.07) is 0. The Morgan fingerprint density at radius 2 is 1.85 bits per heavy atom. The highest BCUT2D eigenvalue weighted by atomic mass is 32.1. The maximum atomic E-state index is 13.1. The van der Waals surface area contributed by atoms with Crippen LogP contribution in [-0.2, 0) is 32.0 Å². The summed E-state index contributed by atoms with van der Waals surface area (Å²) in [4.78, 5) is 57.3. The lowest BCUT2D eigenvalue weighted by atomic mass is 9.97. The van der Waals surface area contributed by atoms with Crippen molar-refractivity contribution in [1.29, 1.82) is 0 Å². The van der Waals surface area contributed by atoms with E-state index in [4.69, 9.17) is 9.47 Å². The lowest BCUT2D eigenvalue weighted by Gasteiger charge is -2.30. The largest absolute Gasteiger partial charge is 0.466 e. The third-order valence-corrected chi connectivity index (χ3v) is 7.56. The fourth-order valence-corrected chi connectivity index (χ4v) is 5.60. The van der Waals surface area contributed by atoms with E-state index in [1.54, 1.807) is 23.3 Å². The number of hydrogen-bond donors (Lipinski definition) is 0. The molecule has 0 N–H and O–H groups in total. The Morgan fingerprint density at radius 3 is 2.58 bits per heavy atom. The Labute approximate surface area is 195 Å². The molecule has 0 aromatic carbocycles. The molecule has 1 amide bonds. The Kier molecular flexibility index (Phi) is 7.11. The quantitative estimate of drug-likeness (QED) is 0.611. The molecule has 0 radical (unpaired) electrons. The van der Waals surface area contributed by atoms with E-state index in [0.29, 0.717) is 59.7 Å². The molecule has 178 valence electrons. The first-order valence-electron chi connectivity index (χ1n) is 11.5. The average molecular weight is 476 g/mol. The summed E-state index contributed by atoms with van der Waals surface area (Å²) in [6.07, 6.45) is 4.83. The number of likely N-dealkylation sites (tertiary alicyclic amines) is 1. The number of rotatable bonds is 5. The van der Waals surface area contributed by atoms with Gasteiger partial charge in [-0.1, -0.05) is 6.42 Å². The van der Waals surface area contributed by atoms with Crippen LogP contribution in [0.2, 0.25) is 0 Å². The molecular formula is C23H29N3O6S. The van der Waals surface area contributed by atoms with Crippen LogP contribution < -0.4 is 5.56 Å². The van der Waals surface area contributed by atoms with Crippen LogP contribution in [0.15, 0.2) is 4.79 Å². The van der Waals surface area contributed by atoms with Crippen molar-refractivity contribution in [1.82, 2.24) is 14.5 Å². The maximum Gasteiger partial charge on any atom is 0.349 e. The molecule has 33 heavy (non-hydrogen) atoms. The van der Waals surface area contributed by atoms with Crippen LogP contribution in [0.1, 0.15) is 60.1 Å². The molecule has 2 aromatic heterocycles. The Morgan fingerprint density at radius 1 is 1.09 bits per heavy atom. The van der Waals surface area contributed by atoms with Crippen LogP contribution in [-0.4, -0.2) is 58.6 Å². The van der Waals surface area contributed by atoms with Crippen LogP contribution in [0, 0.1) is 12.8 Å². The van der Waals surface area contributed by atoms with Crippen molar-refractivity contribution in [3.05, 3.63) is 26.6 Å². The van der Waals surface area contributed by atoms with Gasteiger partial charge in [0.1, 0.15) is 15.5 Å². The molecule has 4 rings (SSSR count). The lowest BCUT2D eigenvalue weighted by Crippen LogP contribution is -2.42. The molecule has 0 bridgehead atoms. The molecule has 0 unspecified atom stereocenters. The van der Waals surface area contributed by atoms with Crippen LogP contribution in [0.4, 0.5) is 0 Å². The van der Waals surface area contributed by atoms with E-state index in [0.717, 1.165) is 42.8 Å². The van der Waals surface area contributed by atoms with Crippen LogP contribution in [0.25, 0.3) is 10.2 Å². The molecule has 4 heterocycles. The zero-order valence-corrected chi connectivity index (χ0v) is 19.9. The highest BCUT2D eigenvalue weighted by Gasteiger charge is 2.29. The normalized spacial score (nSPS) is 16.8. The van der Waals surface area contributed by atoms with Crippen molar-refractivity contribution < 1.29 is 23.9 Å². The van der Waals surface area contributed by atoms with E-state index in [-0.39, 0.29) is 30.0 Å². The number of fused-ring (bicyclic) bond motifs is 2. The third kappa shape index (κ3) is 4.80. The summed E-state index contributed by atoms with van der Waals surface area (Å²) in [5.74, 6) is -0.565. The van der Waals surface area contributed by atoms with E-state index in [1.807, 2.05) is 0 Å². The van der Waals surface area contributed by atoms with Crippen molar-refractivity contribution in [3.8, 4) is 0 Å². The lowest BCUT2D eigenvalue weighted by molar-refractivity contribution is -0.151. The average Bonchev–Trinajstić information content (AvgIpc) is 2.98. The number of ether oxygens (including phenoxy) is 2. The molecule has 2 aliphatic heterocycles. The number of amides is 1. The Bertz CT molecular complexity index is 1130. The predicted molar refractivity (Wildman–Crippen MR) is 122 cm³/mol. The monoisotopic (exact) mass is 475 g/mol. The van der Waals surface area contributed by atoms with Gasteiger partial charge >= 0.3 is 11.9 Å². The van der Waals surface area contributed by atoms with E-state index in [2.05, 4.69) is 4.98 Å². The van der Waals surface area contributed by atoms with Gasteiger partial charge in [0.25, 0.3) is 11.5 Å². The first-order chi connectivity index (χ1) is 15.9. The van der Waals surface area contributed by atoms with E-state index >= 15 is 0 Å². The number of esters is 2. The van der Waals surface area contributed by atoms with Gasteiger partial charge in [-0.2, -0.15) is 0 Å². The van der Waals surface area contributed by atoms with Crippen molar-refractivity contribution in [2.75, 3.05) is 26.3 Å². The zero-order chi connectivity index (χ0) is 23.5. The van der Waals surface area contributed by atoms with Gasteiger partial charge in [0.15, 0.2) is 6.61 Å².